The van der Waals surface area contributed by atoms with Gasteiger partial charge >= 0.3 is 0 Å². The van der Waals surface area contributed by atoms with Gasteiger partial charge in [-0.25, -0.2) is 4.98 Å². The average molecular weight is 315 g/mol. The van der Waals surface area contributed by atoms with Gasteiger partial charge in [0.25, 0.3) is 5.56 Å². The Bertz CT molecular complexity index is 1040. The van der Waals surface area contributed by atoms with Gasteiger partial charge in [0.1, 0.15) is 15.0 Å². The van der Waals surface area contributed by atoms with E-state index in [0.29, 0.717) is 20.9 Å². The van der Waals surface area contributed by atoms with E-state index in [1.165, 1.54) is 16.0 Å². The molecule has 3 aromatic heterocycles. The first kappa shape index (κ1) is 12.4. The molecule has 7 heteroatoms. The second-order valence-electron chi connectivity index (χ2n) is 4.42. The van der Waals surface area contributed by atoms with Crippen LogP contribution in [-0.4, -0.2) is 20.0 Å². The Labute approximate surface area is 127 Å². The van der Waals surface area contributed by atoms with Crippen molar-refractivity contribution in [3.05, 3.63) is 58.0 Å². The van der Waals surface area contributed by atoms with E-state index in [0.717, 1.165) is 10.2 Å². The number of aromatic nitrogens is 4. The number of thiophene rings is 1. The summed E-state index contributed by atoms with van der Waals surface area (Å²) >= 11 is 7.28. The molecule has 4 rings (SSSR count). The Hall–Kier alpha value is -2.31. The molecule has 0 amide bonds. The van der Waals surface area contributed by atoms with Crippen molar-refractivity contribution in [2.45, 2.75) is 0 Å². The minimum atomic E-state index is -0.217. The molecule has 0 saturated carbocycles. The third kappa shape index (κ3) is 1.91. The van der Waals surface area contributed by atoms with E-state index in [1.807, 2.05) is 12.1 Å². The molecule has 21 heavy (non-hydrogen) atoms. The van der Waals surface area contributed by atoms with Crippen LogP contribution in [0.5, 0.6) is 0 Å². The summed E-state index contributed by atoms with van der Waals surface area (Å²) in [5, 5.41) is 9.58. The van der Waals surface area contributed by atoms with Gasteiger partial charge in [0.05, 0.1) is 5.69 Å². The molecule has 0 aliphatic heterocycles. The maximum atomic E-state index is 12.6. The van der Waals surface area contributed by atoms with Crippen molar-refractivity contribution < 1.29 is 0 Å². The van der Waals surface area contributed by atoms with Crippen LogP contribution in [0.1, 0.15) is 0 Å². The highest BCUT2D eigenvalue weighted by Gasteiger charge is 2.14. The third-order valence-corrected chi connectivity index (χ3v) is 4.44. The molecule has 1 aromatic carbocycles. The lowest BCUT2D eigenvalue weighted by Crippen LogP contribution is -2.21. The van der Waals surface area contributed by atoms with Crippen molar-refractivity contribution in [3.63, 3.8) is 0 Å². The number of hydrogen-bond donors (Lipinski definition) is 0. The van der Waals surface area contributed by atoms with Gasteiger partial charge in [-0.3, -0.25) is 4.79 Å². The van der Waals surface area contributed by atoms with Gasteiger partial charge < -0.3 is 0 Å². The largest absolute Gasteiger partial charge is 0.292 e. The highest BCUT2D eigenvalue weighted by atomic mass is 35.5. The minimum Gasteiger partial charge on any atom is -0.266 e. The predicted octanol–water partition coefficient (Wildman–Crippen LogP) is 3.04. The summed E-state index contributed by atoms with van der Waals surface area (Å²) in [5.41, 5.74) is 0.962. The number of rotatable bonds is 1. The molecule has 0 bridgehead atoms. The first-order valence-corrected chi connectivity index (χ1v) is 7.33. The van der Waals surface area contributed by atoms with E-state index in [1.54, 1.807) is 30.5 Å². The van der Waals surface area contributed by atoms with Crippen LogP contribution in [-0.2, 0) is 0 Å². The first-order valence-electron chi connectivity index (χ1n) is 6.13. The molecule has 102 valence electrons. The number of fused-ring (bicyclic) bond motifs is 3. The second kappa shape index (κ2) is 4.61. The molecule has 0 atom stereocenters. The average Bonchev–Trinajstić information content (AvgIpc) is 2.87. The number of halogens is 1. The summed E-state index contributed by atoms with van der Waals surface area (Å²) in [5.74, 6) is 0. The molecule has 0 aliphatic rings. The maximum Gasteiger partial charge on any atom is 0.292 e. The zero-order chi connectivity index (χ0) is 14.4. The van der Waals surface area contributed by atoms with Crippen LogP contribution in [0.3, 0.4) is 0 Å². The summed E-state index contributed by atoms with van der Waals surface area (Å²) in [6.07, 6.45) is 1.70. The van der Waals surface area contributed by atoms with E-state index in [9.17, 15) is 4.79 Å². The number of pyridine rings is 1. The molecule has 3 heterocycles. The monoisotopic (exact) mass is 314 g/mol. The highest BCUT2D eigenvalue weighted by Crippen LogP contribution is 2.27. The fourth-order valence-corrected chi connectivity index (χ4v) is 3.35. The van der Waals surface area contributed by atoms with E-state index in [-0.39, 0.29) is 5.56 Å². The van der Waals surface area contributed by atoms with Crippen molar-refractivity contribution in [3.8, 4) is 5.69 Å². The van der Waals surface area contributed by atoms with Crippen LogP contribution >= 0.6 is 22.9 Å². The molecule has 0 aliphatic carbocycles. The SMILES string of the molecule is O=c1c2sc3ncccc3c2nnn1-c1cccc(Cl)c1. The second-order valence-corrected chi connectivity index (χ2v) is 5.86. The van der Waals surface area contributed by atoms with Gasteiger partial charge in [-0.05, 0) is 30.3 Å². The standard InChI is InChI=1S/C14H7ClN4OS/c15-8-3-1-4-9(7-8)19-14(20)12-11(17-18-19)10-5-2-6-16-13(10)21-12/h1-7H. The summed E-state index contributed by atoms with van der Waals surface area (Å²) in [6, 6.07) is 10.7. The molecular weight excluding hydrogens is 308 g/mol. The van der Waals surface area contributed by atoms with E-state index >= 15 is 0 Å². The molecule has 0 fully saturated rings. The lowest BCUT2D eigenvalue weighted by molar-refractivity contribution is 0.740. The first-order chi connectivity index (χ1) is 10.2. The summed E-state index contributed by atoms with van der Waals surface area (Å²) in [6.45, 7) is 0. The Kier molecular flexibility index (Phi) is 2.73. The van der Waals surface area contributed by atoms with Crippen LogP contribution < -0.4 is 5.56 Å². The normalized spacial score (nSPS) is 11.3. The number of benzene rings is 1. The lowest BCUT2D eigenvalue weighted by Gasteiger charge is -2.03. The van der Waals surface area contributed by atoms with Gasteiger partial charge in [0.15, 0.2) is 0 Å². The van der Waals surface area contributed by atoms with Crippen LogP contribution in [0.2, 0.25) is 5.02 Å². The highest BCUT2D eigenvalue weighted by molar-refractivity contribution is 7.25. The Morgan fingerprint density at radius 2 is 2.10 bits per heavy atom. The zero-order valence-electron chi connectivity index (χ0n) is 10.5. The van der Waals surface area contributed by atoms with Crippen molar-refractivity contribution in [2.24, 2.45) is 0 Å². The topological polar surface area (TPSA) is 60.7 Å². The summed E-state index contributed by atoms with van der Waals surface area (Å²) in [7, 11) is 0. The molecule has 0 radical (unpaired) electrons. The van der Waals surface area contributed by atoms with Crippen LogP contribution in [0.25, 0.3) is 26.1 Å². The number of hydrogen-bond acceptors (Lipinski definition) is 5. The maximum absolute atomic E-state index is 12.6. The van der Waals surface area contributed by atoms with Crippen LogP contribution in [0.4, 0.5) is 0 Å². The van der Waals surface area contributed by atoms with E-state index in [4.69, 9.17) is 11.6 Å². The van der Waals surface area contributed by atoms with Crippen molar-refractivity contribution in [1.82, 2.24) is 20.0 Å². The van der Waals surface area contributed by atoms with Crippen molar-refractivity contribution >= 4 is 43.4 Å². The van der Waals surface area contributed by atoms with Crippen molar-refractivity contribution in [2.75, 3.05) is 0 Å². The van der Waals surface area contributed by atoms with Gasteiger partial charge in [-0.15, -0.1) is 16.4 Å². The Morgan fingerprint density at radius 3 is 2.95 bits per heavy atom. The molecule has 0 saturated heterocycles. The van der Waals surface area contributed by atoms with E-state index < -0.39 is 0 Å². The fourth-order valence-electron chi connectivity index (χ4n) is 2.17. The fraction of sp³-hybridized carbons (Fsp3) is 0. The number of nitrogens with zero attached hydrogens (tertiary/aromatic N) is 4. The predicted molar refractivity (Wildman–Crippen MR) is 83.3 cm³/mol. The lowest BCUT2D eigenvalue weighted by atomic mass is 10.3. The van der Waals surface area contributed by atoms with Crippen molar-refractivity contribution in [1.29, 1.82) is 0 Å². The van der Waals surface area contributed by atoms with Gasteiger partial charge in [0, 0.05) is 16.6 Å². The van der Waals surface area contributed by atoms with Gasteiger partial charge in [-0.2, -0.15) is 4.68 Å². The quantitative estimate of drug-likeness (QED) is 0.542. The van der Waals surface area contributed by atoms with E-state index in [2.05, 4.69) is 15.3 Å². The van der Waals surface area contributed by atoms with Gasteiger partial charge in [-0.1, -0.05) is 22.9 Å². The molecule has 0 spiro atoms. The van der Waals surface area contributed by atoms with Gasteiger partial charge in [0.2, 0.25) is 0 Å². The Morgan fingerprint density at radius 1 is 1.19 bits per heavy atom. The minimum absolute atomic E-state index is 0.217. The van der Waals surface area contributed by atoms with Crippen LogP contribution in [0, 0.1) is 0 Å². The zero-order valence-corrected chi connectivity index (χ0v) is 12.1. The molecule has 0 N–H and O–H groups in total. The molecule has 5 nitrogen and oxygen atoms in total. The summed E-state index contributed by atoms with van der Waals surface area (Å²) < 4.78 is 1.79. The molecular formula is C14H7ClN4OS. The third-order valence-electron chi connectivity index (χ3n) is 3.11. The summed E-state index contributed by atoms with van der Waals surface area (Å²) in [4.78, 5) is 17.6. The molecule has 0 unspecified atom stereocenters. The van der Waals surface area contributed by atoms with Crippen LogP contribution in [0.15, 0.2) is 47.4 Å². The smallest absolute Gasteiger partial charge is 0.266 e. The molecule has 4 aromatic rings. The Balaban J connectivity index is 2.07.